The van der Waals surface area contributed by atoms with Gasteiger partial charge in [0, 0.05) is 78.2 Å². The fourth-order valence-electron chi connectivity index (χ4n) is 7.12. The molecule has 57 heavy (non-hydrogen) atoms. The first-order chi connectivity index (χ1) is 27.7. The van der Waals surface area contributed by atoms with Crippen molar-refractivity contribution in [3.8, 4) is 0 Å². The third-order valence-corrected chi connectivity index (χ3v) is 10.6. The first kappa shape index (κ1) is 46.9. The molecule has 0 aromatic carbocycles. The van der Waals surface area contributed by atoms with E-state index in [-0.39, 0.29) is 42.4 Å². The number of unbranched alkanes of at least 4 members (excludes halogenated alkanes) is 8. The van der Waals surface area contributed by atoms with E-state index in [0.29, 0.717) is 104 Å². The monoisotopic (exact) mass is 804 g/mol. The highest BCUT2D eigenvalue weighted by Gasteiger charge is 2.25. The zero-order valence-corrected chi connectivity index (χ0v) is 34.2. The summed E-state index contributed by atoms with van der Waals surface area (Å²) in [5.74, 6) is -0.378. The van der Waals surface area contributed by atoms with Crippen LogP contribution in [0.15, 0.2) is 0 Å². The third kappa shape index (κ3) is 18.6. The number of urea groups is 5. The van der Waals surface area contributed by atoms with Crippen LogP contribution in [0.4, 0.5) is 24.0 Å². The second-order valence-electron chi connectivity index (χ2n) is 15.3. The van der Waals surface area contributed by atoms with Crippen molar-refractivity contribution >= 4 is 47.9 Å². The van der Waals surface area contributed by atoms with E-state index in [1.54, 1.807) is 0 Å². The maximum atomic E-state index is 13.2. The SMILES string of the molecule is O=C1CCCCCN1C(=O)NCCCCCCNC(=O)N(CCCCCCNC(=O)N1CCCCCC1=O)C(=O)NCCCCCNC(=O)N1CCCCCC1=O. The van der Waals surface area contributed by atoms with Crippen molar-refractivity contribution in [3.63, 3.8) is 0 Å². The highest BCUT2D eigenvalue weighted by molar-refractivity contribution is 5.96. The van der Waals surface area contributed by atoms with Crippen molar-refractivity contribution in [2.45, 2.75) is 148 Å². The number of nitrogens with one attached hydrogen (secondary N) is 5. The minimum atomic E-state index is -0.478. The smallest absolute Gasteiger partial charge is 0.325 e. The van der Waals surface area contributed by atoms with E-state index in [1.807, 2.05) is 0 Å². The van der Waals surface area contributed by atoms with Gasteiger partial charge in [-0.1, -0.05) is 44.9 Å². The van der Waals surface area contributed by atoms with Crippen molar-refractivity contribution in [3.05, 3.63) is 0 Å². The molecule has 0 radical (unpaired) electrons. The fraction of sp³-hybridized carbons (Fsp3) is 0.800. The lowest BCUT2D eigenvalue weighted by Crippen LogP contribution is -2.49. The van der Waals surface area contributed by atoms with Gasteiger partial charge in [-0.15, -0.1) is 0 Å². The minimum Gasteiger partial charge on any atom is -0.338 e. The summed E-state index contributed by atoms with van der Waals surface area (Å²) in [6, 6.07) is -1.97. The van der Waals surface area contributed by atoms with Gasteiger partial charge < -0.3 is 26.6 Å². The second-order valence-corrected chi connectivity index (χ2v) is 15.3. The summed E-state index contributed by atoms with van der Waals surface area (Å²) < 4.78 is 0. The molecule has 0 aromatic heterocycles. The largest absolute Gasteiger partial charge is 0.338 e. The van der Waals surface area contributed by atoms with Crippen molar-refractivity contribution in [2.75, 3.05) is 58.9 Å². The number of carbonyl (C=O) groups excluding carboxylic acids is 8. The van der Waals surface area contributed by atoms with Gasteiger partial charge in [-0.25, -0.2) is 28.9 Å². The van der Waals surface area contributed by atoms with Gasteiger partial charge in [0.1, 0.15) is 0 Å². The Morgan fingerprint density at radius 1 is 0.386 bits per heavy atom. The molecule has 0 aromatic rings. The molecule has 3 aliphatic rings. The summed E-state index contributed by atoms with van der Waals surface area (Å²) in [6.07, 6.45) is 17.0. The lowest BCUT2D eigenvalue weighted by Gasteiger charge is -2.22. The van der Waals surface area contributed by atoms with Gasteiger partial charge in [0.15, 0.2) is 0 Å². The highest BCUT2D eigenvalue weighted by Crippen LogP contribution is 2.14. The van der Waals surface area contributed by atoms with E-state index >= 15 is 0 Å². The number of likely N-dealkylation sites (tertiary alicyclic amines) is 3. The van der Waals surface area contributed by atoms with Crippen LogP contribution >= 0.6 is 0 Å². The Balaban J connectivity index is 1.33. The van der Waals surface area contributed by atoms with E-state index < -0.39 is 12.1 Å². The fourth-order valence-corrected chi connectivity index (χ4v) is 7.12. The van der Waals surface area contributed by atoms with Crippen molar-refractivity contribution in [1.29, 1.82) is 0 Å². The summed E-state index contributed by atoms with van der Waals surface area (Å²) in [5.41, 5.74) is 0. The number of hydrogen-bond acceptors (Lipinski definition) is 8. The molecule has 3 aliphatic heterocycles. The maximum Gasteiger partial charge on any atom is 0.325 e. The van der Waals surface area contributed by atoms with Gasteiger partial charge in [-0.3, -0.25) is 29.1 Å². The van der Waals surface area contributed by atoms with Crippen LogP contribution in [0.1, 0.15) is 148 Å². The van der Waals surface area contributed by atoms with E-state index in [2.05, 4.69) is 26.6 Å². The van der Waals surface area contributed by atoms with Crippen LogP contribution in [-0.4, -0.2) is 126 Å². The van der Waals surface area contributed by atoms with E-state index in [9.17, 15) is 38.4 Å². The lowest BCUT2D eigenvalue weighted by atomic mass is 10.2. The zero-order chi connectivity index (χ0) is 41.1. The topological polar surface area (TPSA) is 210 Å². The molecule has 5 N–H and O–H groups in total. The minimum absolute atomic E-state index is 0.118. The van der Waals surface area contributed by atoms with Crippen LogP contribution in [0.5, 0.6) is 0 Å². The molecular formula is C40H69N9O8. The quantitative estimate of drug-likeness (QED) is 0.101. The Kier molecular flexibility index (Phi) is 23.1. The summed E-state index contributed by atoms with van der Waals surface area (Å²) in [5, 5.41) is 14.2. The molecule has 3 rings (SSSR count). The van der Waals surface area contributed by atoms with Crippen molar-refractivity contribution in [2.24, 2.45) is 0 Å². The van der Waals surface area contributed by atoms with Crippen LogP contribution in [0.25, 0.3) is 0 Å². The number of hydrogen-bond donors (Lipinski definition) is 5. The van der Waals surface area contributed by atoms with Gasteiger partial charge in [-0.05, 0) is 83.5 Å². The number of imide groups is 4. The molecule has 0 bridgehead atoms. The molecule has 322 valence electrons. The molecule has 0 atom stereocenters. The summed E-state index contributed by atoms with van der Waals surface area (Å²) in [6.45, 7) is 3.70. The Bertz CT molecular complexity index is 1320. The Morgan fingerprint density at radius 2 is 0.684 bits per heavy atom. The summed E-state index contributed by atoms with van der Waals surface area (Å²) in [4.78, 5) is 105. The maximum absolute atomic E-state index is 13.2. The standard InChI is InChI=1S/C40H69N9O8/c50-33-21-9-5-18-29-46(33)36(53)41-24-12-1-2-13-26-44-39(56)49(32-17-4-3-14-25-42-37(54)47-30-19-6-10-22-34(47)51)40(57)45-28-16-8-15-27-43-38(55)48-31-20-7-11-23-35(48)52/h1-32H2,(H,41,53)(H,42,54)(H,43,55)(H,44,56)(H,45,57). The number of nitrogens with zero attached hydrogens (tertiary/aromatic N) is 4. The number of amides is 13. The predicted octanol–water partition coefficient (Wildman–Crippen LogP) is 5.34. The van der Waals surface area contributed by atoms with E-state index in [4.69, 9.17) is 0 Å². The van der Waals surface area contributed by atoms with Gasteiger partial charge in [-0.2, -0.15) is 0 Å². The predicted molar refractivity (Wildman–Crippen MR) is 215 cm³/mol. The van der Waals surface area contributed by atoms with Crippen LogP contribution in [0, 0.1) is 0 Å². The van der Waals surface area contributed by atoms with Gasteiger partial charge in [0.05, 0.1) is 0 Å². The average Bonchev–Trinajstić information content (AvgIpc) is 3.66. The Hall–Kier alpha value is -4.44. The number of carbonyl (C=O) groups is 8. The van der Waals surface area contributed by atoms with Crippen molar-refractivity contribution in [1.82, 2.24) is 46.2 Å². The molecule has 0 unspecified atom stereocenters. The van der Waals surface area contributed by atoms with Crippen LogP contribution < -0.4 is 26.6 Å². The lowest BCUT2D eigenvalue weighted by molar-refractivity contribution is -0.128. The Labute approximate surface area is 338 Å². The molecule has 17 nitrogen and oxygen atoms in total. The molecule has 0 spiro atoms. The zero-order valence-electron chi connectivity index (χ0n) is 34.2. The third-order valence-electron chi connectivity index (χ3n) is 10.6. The van der Waals surface area contributed by atoms with Gasteiger partial charge in [0.25, 0.3) is 0 Å². The summed E-state index contributed by atoms with van der Waals surface area (Å²) >= 11 is 0. The number of rotatable bonds is 20. The van der Waals surface area contributed by atoms with Gasteiger partial charge >= 0.3 is 30.2 Å². The molecule has 0 aliphatic carbocycles. The first-order valence-corrected chi connectivity index (χ1v) is 21.8. The molecule has 3 heterocycles. The molecule has 13 amide bonds. The normalized spacial score (nSPS) is 16.6. The van der Waals surface area contributed by atoms with Crippen molar-refractivity contribution < 1.29 is 38.4 Å². The highest BCUT2D eigenvalue weighted by atomic mass is 16.2. The van der Waals surface area contributed by atoms with Crippen LogP contribution in [0.3, 0.4) is 0 Å². The average molecular weight is 804 g/mol. The first-order valence-electron chi connectivity index (χ1n) is 21.8. The molecule has 0 saturated carbocycles. The summed E-state index contributed by atoms with van der Waals surface area (Å²) in [7, 11) is 0. The van der Waals surface area contributed by atoms with Crippen LogP contribution in [-0.2, 0) is 14.4 Å². The molecule has 3 saturated heterocycles. The molecular weight excluding hydrogens is 734 g/mol. The van der Waals surface area contributed by atoms with Gasteiger partial charge in [0.2, 0.25) is 17.7 Å². The van der Waals surface area contributed by atoms with E-state index in [1.165, 1.54) is 19.6 Å². The second kappa shape index (κ2) is 28.0. The van der Waals surface area contributed by atoms with E-state index in [0.717, 1.165) is 96.3 Å². The molecule has 3 fully saturated rings. The Morgan fingerprint density at radius 3 is 1.04 bits per heavy atom. The van der Waals surface area contributed by atoms with Crippen LogP contribution in [0.2, 0.25) is 0 Å². The molecule has 17 heteroatoms.